The Morgan fingerprint density at radius 1 is 1.26 bits per heavy atom. The van der Waals surface area contributed by atoms with E-state index in [9.17, 15) is 4.79 Å². The Kier molecular flexibility index (Phi) is 8.29. The zero-order chi connectivity index (χ0) is 12.4. The average molecular weight is 312 g/mol. The van der Waals surface area contributed by atoms with Crippen LogP contribution in [0.15, 0.2) is 0 Å². The summed E-state index contributed by atoms with van der Waals surface area (Å²) in [4.78, 5) is 16.7. The van der Waals surface area contributed by atoms with Gasteiger partial charge < -0.3 is 10.2 Å². The van der Waals surface area contributed by atoms with Crippen molar-refractivity contribution in [1.82, 2.24) is 15.1 Å². The first-order chi connectivity index (χ1) is 8.09. The molecular formula is C13H27Cl2N3O. The van der Waals surface area contributed by atoms with Gasteiger partial charge in [-0.05, 0) is 46.7 Å². The summed E-state index contributed by atoms with van der Waals surface area (Å²) in [6.45, 7) is 6.86. The molecule has 1 amide bonds. The highest BCUT2D eigenvalue weighted by molar-refractivity contribution is 5.85. The van der Waals surface area contributed by atoms with E-state index in [1.807, 2.05) is 7.05 Å². The highest BCUT2D eigenvalue weighted by Gasteiger charge is 2.37. The standard InChI is InChI=1S/C13H25N3O.2ClH/c1-10(2)15(3)9-13(17)16-11-4-5-12(16)8-14-7-6-11;;/h10-12,14H,4-9H2,1-3H3;2*1H. The molecule has 2 bridgehead atoms. The van der Waals surface area contributed by atoms with Crippen LogP contribution >= 0.6 is 24.8 Å². The summed E-state index contributed by atoms with van der Waals surface area (Å²) < 4.78 is 0. The van der Waals surface area contributed by atoms with Gasteiger partial charge >= 0.3 is 0 Å². The van der Waals surface area contributed by atoms with Gasteiger partial charge in [-0.2, -0.15) is 0 Å². The lowest BCUT2D eigenvalue weighted by atomic mass is 10.1. The van der Waals surface area contributed by atoms with Crippen LogP contribution in [0.4, 0.5) is 0 Å². The summed E-state index contributed by atoms with van der Waals surface area (Å²) in [6.07, 6.45) is 3.49. The SMILES string of the molecule is CC(C)N(C)CC(=O)N1C2CCNCC1CC2.Cl.Cl. The Morgan fingerprint density at radius 2 is 1.89 bits per heavy atom. The van der Waals surface area contributed by atoms with E-state index < -0.39 is 0 Å². The Morgan fingerprint density at radius 3 is 2.53 bits per heavy atom. The topological polar surface area (TPSA) is 35.6 Å². The molecule has 2 rings (SSSR count). The van der Waals surface area contributed by atoms with Crippen molar-refractivity contribution < 1.29 is 4.79 Å². The maximum absolute atomic E-state index is 12.4. The molecule has 2 fully saturated rings. The van der Waals surface area contributed by atoms with E-state index in [2.05, 4.69) is 29.0 Å². The predicted molar refractivity (Wildman–Crippen MR) is 83.4 cm³/mol. The van der Waals surface area contributed by atoms with E-state index in [1.54, 1.807) is 0 Å². The number of hydrogen-bond donors (Lipinski definition) is 1. The zero-order valence-corrected chi connectivity index (χ0v) is 13.7. The number of fused-ring (bicyclic) bond motifs is 2. The maximum Gasteiger partial charge on any atom is 0.237 e. The first-order valence-electron chi connectivity index (χ1n) is 6.81. The van der Waals surface area contributed by atoms with Crippen LogP contribution in [0, 0.1) is 0 Å². The molecule has 2 atom stereocenters. The summed E-state index contributed by atoms with van der Waals surface area (Å²) in [5.41, 5.74) is 0. The highest BCUT2D eigenvalue weighted by Crippen LogP contribution is 2.27. The molecule has 0 spiro atoms. The molecule has 2 aliphatic heterocycles. The van der Waals surface area contributed by atoms with Crippen LogP contribution in [0.5, 0.6) is 0 Å². The molecule has 4 nitrogen and oxygen atoms in total. The number of nitrogens with one attached hydrogen (secondary N) is 1. The van der Waals surface area contributed by atoms with Crippen LogP contribution in [0.25, 0.3) is 0 Å². The normalized spacial score (nSPS) is 25.8. The minimum Gasteiger partial charge on any atom is -0.334 e. The summed E-state index contributed by atoms with van der Waals surface area (Å²) in [6, 6.07) is 1.36. The second kappa shape index (κ2) is 8.30. The number of carbonyl (C=O) groups excluding carboxylic acids is 1. The van der Waals surface area contributed by atoms with Gasteiger partial charge in [0.25, 0.3) is 0 Å². The van der Waals surface area contributed by atoms with Gasteiger partial charge in [-0.3, -0.25) is 9.69 Å². The van der Waals surface area contributed by atoms with Crippen molar-refractivity contribution in [3.05, 3.63) is 0 Å². The van der Waals surface area contributed by atoms with Crippen LogP contribution < -0.4 is 5.32 Å². The molecule has 2 heterocycles. The quantitative estimate of drug-likeness (QED) is 0.858. The number of carbonyl (C=O) groups is 1. The maximum atomic E-state index is 12.4. The van der Waals surface area contributed by atoms with E-state index in [0.29, 0.717) is 30.6 Å². The number of nitrogens with zero attached hydrogens (tertiary/aromatic N) is 2. The van der Waals surface area contributed by atoms with Gasteiger partial charge in [0.15, 0.2) is 0 Å². The van der Waals surface area contributed by atoms with Crippen molar-refractivity contribution in [2.45, 2.75) is 51.2 Å². The molecule has 0 aromatic heterocycles. The summed E-state index contributed by atoms with van der Waals surface area (Å²) in [7, 11) is 2.03. The molecule has 0 aliphatic carbocycles. The third-order valence-corrected chi connectivity index (χ3v) is 4.21. The first-order valence-corrected chi connectivity index (χ1v) is 6.81. The van der Waals surface area contributed by atoms with Crippen molar-refractivity contribution in [3.8, 4) is 0 Å². The minimum absolute atomic E-state index is 0. The monoisotopic (exact) mass is 311 g/mol. The molecule has 2 saturated heterocycles. The second-order valence-electron chi connectivity index (χ2n) is 5.69. The van der Waals surface area contributed by atoms with Crippen LogP contribution in [0.1, 0.15) is 33.1 Å². The van der Waals surface area contributed by atoms with Gasteiger partial charge in [-0.25, -0.2) is 0 Å². The Balaban J connectivity index is 0.00000162. The second-order valence-corrected chi connectivity index (χ2v) is 5.69. The zero-order valence-electron chi connectivity index (χ0n) is 12.1. The smallest absolute Gasteiger partial charge is 0.237 e. The lowest BCUT2D eigenvalue weighted by Gasteiger charge is -2.31. The largest absolute Gasteiger partial charge is 0.334 e. The number of likely N-dealkylation sites (N-methyl/N-ethyl adjacent to an activating group) is 1. The van der Waals surface area contributed by atoms with Crippen molar-refractivity contribution in [2.75, 3.05) is 26.7 Å². The van der Waals surface area contributed by atoms with E-state index in [1.165, 1.54) is 12.8 Å². The van der Waals surface area contributed by atoms with Crippen molar-refractivity contribution in [2.24, 2.45) is 0 Å². The van der Waals surface area contributed by atoms with Gasteiger partial charge in [0.05, 0.1) is 6.54 Å². The van der Waals surface area contributed by atoms with Gasteiger partial charge in [0.1, 0.15) is 0 Å². The Hall–Kier alpha value is -0.0300. The van der Waals surface area contributed by atoms with Crippen molar-refractivity contribution in [3.63, 3.8) is 0 Å². The number of halogens is 2. The molecule has 6 heteroatoms. The minimum atomic E-state index is 0. The fourth-order valence-electron chi connectivity index (χ4n) is 2.87. The van der Waals surface area contributed by atoms with Crippen LogP contribution in [0.3, 0.4) is 0 Å². The van der Waals surface area contributed by atoms with Gasteiger partial charge in [-0.15, -0.1) is 24.8 Å². The van der Waals surface area contributed by atoms with Gasteiger partial charge in [0.2, 0.25) is 5.91 Å². The van der Waals surface area contributed by atoms with E-state index in [-0.39, 0.29) is 24.8 Å². The van der Waals surface area contributed by atoms with E-state index in [4.69, 9.17) is 0 Å². The van der Waals surface area contributed by atoms with E-state index >= 15 is 0 Å². The van der Waals surface area contributed by atoms with Crippen LogP contribution in [-0.2, 0) is 4.79 Å². The summed E-state index contributed by atoms with van der Waals surface area (Å²) in [5.74, 6) is 0.317. The number of rotatable bonds is 3. The fourth-order valence-corrected chi connectivity index (χ4v) is 2.87. The lowest BCUT2D eigenvalue weighted by Crippen LogP contribution is -2.47. The fraction of sp³-hybridized carbons (Fsp3) is 0.923. The van der Waals surface area contributed by atoms with E-state index in [0.717, 1.165) is 19.5 Å². The van der Waals surface area contributed by atoms with Gasteiger partial charge in [0, 0.05) is 24.7 Å². The molecule has 114 valence electrons. The van der Waals surface area contributed by atoms with Crippen molar-refractivity contribution >= 4 is 30.7 Å². The summed E-state index contributed by atoms with van der Waals surface area (Å²) in [5, 5.41) is 3.43. The highest BCUT2D eigenvalue weighted by atomic mass is 35.5. The first kappa shape index (κ1) is 19.0. The lowest BCUT2D eigenvalue weighted by molar-refractivity contribution is -0.135. The predicted octanol–water partition coefficient (Wildman–Crippen LogP) is 1.52. The molecule has 0 aromatic carbocycles. The molecule has 1 N–H and O–H groups in total. The third kappa shape index (κ3) is 4.48. The molecule has 2 aliphatic rings. The Bertz CT molecular complexity index is 275. The Labute approximate surface area is 129 Å². The third-order valence-electron chi connectivity index (χ3n) is 4.21. The molecular weight excluding hydrogens is 285 g/mol. The molecule has 0 aromatic rings. The molecule has 2 unspecified atom stereocenters. The van der Waals surface area contributed by atoms with Crippen LogP contribution in [-0.4, -0.2) is 60.5 Å². The number of amides is 1. The van der Waals surface area contributed by atoms with Crippen LogP contribution in [0.2, 0.25) is 0 Å². The molecule has 0 saturated carbocycles. The average Bonchev–Trinajstić information content (AvgIpc) is 2.51. The van der Waals surface area contributed by atoms with Crippen molar-refractivity contribution in [1.29, 1.82) is 0 Å². The number of hydrogen-bond acceptors (Lipinski definition) is 3. The molecule has 19 heavy (non-hydrogen) atoms. The summed E-state index contributed by atoms with van der Waals surface area (Å²) >= 11 is 0. The van der Waals surface area contributed by atoms with Gasteiger partial charge in [-0.1, -0.05) is 0 Å². The molecule has 0 radical (unpaired) electrons.